The molecule has 1 saturated carbocycles. The van der Waals surface area contributed by atoms with E-state index in [2.05, 4.69) is 81.9 Å². The Morgan fingerprint density at radius 3 is 2.67 bits per heavy atom. The van der Waals surface area contributed by atoms with E-state index in [1.165, 1.54) is 22.1 Å². The van der Waals surface area contributed by atoms with E-state index in [0.29, 0.717) is 0 Å². The number of fused-ring (bicyclic) bond motifs is 3. The van der Waals surface area contributed by atoms with Gasteiger partial charge < -0.3 is 4.90 Å². The number of carbonyl (C=O) groups excluding carboxylic acids is 1. The molecule has 0 bridgehead atoms. The Hall–Kier alpha value is -2.67. The smallest absolute Gasteiger partial charge is 0.238 e. The van der Waals surface area contributed by atoms with Gasteiger partial charge in [0.15, 0.2) is 0 Å². The Bertz CT molecular complexity index is 1310. The zero-order valence-corrected chi connectivity index (χ0v) is 18.7. The van der Waals surface area contributed by atoms with Gasteiger partial charge in [-0.3, -0.25) is 9.48 Å². The Balaban J connectivity index is 1.42. The number of benzene rings is 3. The predicted molar refractivity (Wildman–Crippen MR) is 127 cm³/mol. The summed E-state index contributed by atoms with van der Waals surface area (Å²) in [7, 11) is 1.89. The normalized spacial score (nSPS) is 22.1. The maximum absolute atomic E-state index is 13.2. The lowest BCUT2D eigenvalue weighted by Gasteiger charge is -2.12. The Morgan fingerprint density at radius 1 is 1.07 bits per heavy atom. The van der Waals surface area contributed by atoms with Gasteiger partial charge in [-0.15, -0.1) is 0 Å². The van der Waals surface area contributed by atoms with E-state index in [0.717, 1.165) is 27.9 Å². The number of anilines is 1. The SMILES string of the molecule is CN1C(=O)[C@@]2(C[C@H]2c2ccc3c(I)nn(Cc4ccccc4)c3c2)c2ccccc21. The monoisotopic (exact) mass is 505 g/mol. The van der Waals surface area contributed by atoms with Crippen molar-refractivity contribution in [3.63, 3.8) is 0 Å². The van der Waals surface area contributed by atoms with Crippen LogP contribution in [-0.4, -0.2) is 22.7 Å². The predicted octanol–water partition coefficient (Wildman–Crippen LogP) is 5.09. The summed E-state index contributed by atoms with van der Waals surface area (Å²) in [5.41, 5.74) is 5.43. The largest absolute Gasteiger partial charge is 0.314 e. The van der Waals surface area contributed by atoms with Crippen LogP contribution < -0.4 is 4.90 Å². The molecule has 1 aliphatic carbocycles. The maximum Gasteiger partial charge on any atom is 0.238 e. The fourth-order valence-electron chi connectivity index (χ4n) is 5.11. The summed E-state index contributed by atoms with van der Waals surface area (Å²) in [4.78, 5) is 15.0. The lowest BCUT2D eigenvalue weighted by atomic mass is 9.92. The van der Waals surface area contributed by atoms with E-state index >= 15 is 0 Å². The Morgan fingerprint density at radius 2 is 1.83 bits per heavy atom. The van der Waals surface area contributed by atoms with Gasteiger partial charge in [-0.25, -0.2) is 0 Å². The molecule has 1 fully saturated rings. The highest BCUT2D eigenvalue weighted by Crippen LogP contribution is 2.66. The number of rotatable bonds is 3. The number of carbonyl (C=O) groups is 1. The topological polar surface area (TPSA) is 38.1 Å². The Kier molecular flexibility index (Phi) is 3.87. The van der Waals surface area contributed by atoms with Crippen LogP contribution in [0.15, 0.2) is 72.8 Å². The van der Waals surface area contributed by atoms with E-state index in [-0.39, 0.29) is 11.8 Å². The average Bonchev–Trinajstić information content (AvgIpc) is 3.42. The van der Waals surface area contributed by atoms with Crippen molar-refractivity contribution >= 4 is 45.1 Å². The van der Waals surface area contributed by atoms with Gasteiger partial charge >= 0.3 is 0 Å². The molecule has 2 atom stereocenters. The molecule has 0 N–H and O–H groups in total. The molecule has 5 heteroatoms. The molecular weight excluding hydrogens is 485 g/mol. The molecule has 4 nitrogen and oxygen atoms in total. The lowest BCUT2D eigenvalue weighted by Crippen LogP contribution is -2.29. The van der Waals surface area contributed by atoms with Crippen LogP contribution in [0.5, 0.6) is 0 Å². The molecule has 0 unspecified atom stereocenters. The van der Waals surface area contributed by atoms with Gasteiger partial charge in [0.25, 0.3) is 0 Å². The summed E-state index contributed by atoms with van der Waals surface area (Å²) in [5.74, 6) is 0.444. The van der Waals surface area contributed by atoms with Crippen LogP contribution >= 0.6 is 22.6 Å². The van der Waals surface area contributed by atoms with Crippen molar-refractivity contribution in [1.29, 1.82) is 0 Å². The number of likely N-dealkylation sites (N-methyl/N-ethyl adjacent to an activating group) is 1. The third-order valence-electron chi connectivity index (χ3n) is 6.70. The molecule has 4 aromatic rings. The van der Waals surface area contributed by atoms with Gasteiger partial charge in [0.1, 0.15) is 3.70 Å². The van der Waals surface area contributed by atoms with Crippen LogP contribution in [0.2, 0.25) is 0 Å². The van der Waals surface area contributed by atoms with Gasteiger partial charge in [-0.1, -0.05) is 54.6 Å². The van der Waals surface area contributed by atoms with E-state index in [1.807, 2.05) is 30.1 Å². The van der Waals surface area contributed by atoms with Crippen LogP contribution in [0.3, 0.4) is 0 Å². The number of amides is 1. The molecule has 0 saturated heterocycles. The fourth-order valence-corrected chi connectivity index (χ4v) is 5.83. The molecule has 1 spiro atoms. The van der Waals surface area contributed by atoms with Crippen molar-refractivity contribution in [1.82, 2.24) is 9.78 Å². The van der Waals surface area contributed by atoms with Crippen LogP contribution in [0, 0.1) is 3.70 Å². The van der Waals surface area contributed by atoms with Crippen molar-refractivity contribution < 1.29 is 4.79 Å². The highest BCUT2D eigenvalue weighted by Gasteiger charge is 2.66. The van der Waals surface area contributed by atoms with E-state index in [1.54, 1.807) is 0 Å². The molecule has 2 aliphatic rings. The van der Waals surface area contributed by atoms with Crippen LogP contribution in [0.4, 0.5) is 5.69 Å². The third-order valence-corrected chi connectivity index (χ3v) is 7.50. The first-order chi connectivity index (χ1) is 14.6. The van der Waals surface area contributed by atoms with Gasteiger partial charge in [0.05, 0.1) is 17.5 Å². The highest BCUT2D eigenvalue weighted by molar-refractivity contribution is 14.1. The van der Waals surface area contributed by atoms with E-state index in [4.69, 9.17) is 5.10 Å². The quantitative estimate of drug-likeness (QED) is 0.364. The first kappa shape index (κ1) is 18.1. The van der Waals surface area contributed by atoms with Crippen molar-refractivity contribution in [3.8, 4) is 0 Å². The molecule has 30 heavy (non-hydrogen) atoms. The fraction of sp³-hybridized carbons (Fsp3) is 0.200. The third kappa shape index (κ3) is 2.44. The standard InChI is InChI=1S/C25H20IN3O/c1-28-21-10-6-5-9-19(21)25(24(28)30)14-20(25)17-11-12-18-22(13-17)29(27-23(18)26)15-16-7-3-2-4-8-16/h2-13,20H,14-15H2,1H3/t20-,25-/m0/s1. The number of nitrogens with zero attached hydrogens (tertiary/aromatic N) is 3. The first-order valence-corrected chi connectivity index (χ1v) is 11.2. The Labute approximate surface area is 188 Å². The van der Waals surface area contributed by atoms with Gasteiger partial charge in [0.2, 0.25) is 5.91 Å². The first-order valence-electron chi connectivity index (χ1n) is 10.2. The summed E-state index contributed by atoms with van der Waals surface area (Å²) in [5, 5.41) is 5.95. The van der Waals surface area contributed by atoms with Crippen molar-refractivity contribution in [2.45, 2.75) is 24.3 Å². The molecule has 1 aliphatic heterocycles. The average molecular weight is 505 g/mol. The molecule has 6 rings (SSSR count). The van der Waals surface area contributed by atoms with E-state index < -0.39 is 5.41 Å². The minimum Gasteiger partial charge on any atom is -0.314 e. The minimum absolute atomic E-state index is 0.221. The summed E-state index contributed by atoms with van der Waals surface area (Å²) < 4.78 is 3.10. The summed E-state index contributed by atoms with van der Waals surface area (Å²) in [6.07, 6.45) is 0.878. The molecule has 0 radical (unpaired) electrons. The molecule has 2 heterocycles. The molecule has 1 aromatic heterocycles. The number of halogens is 1. The zero-order valence-electron chi connectivity index (χ0n) is 16.5. The maximum atomic E-state index is 13.2. The molecular formula is C25H20IN3O. The van der Waals surface area contributed by atoms with Crippen LogP contribution in [0.1, 0.15) is 29.0 Å². The van der Waals surface area contributed by atoms with Crippen molar-refractivity contribution in [3.05, 3.63) is 93.2 Å². The molecule has 3 aromatic carbocycles. The summed E-state index contributed by atoms with van der Waals surface area (Å²) in [6, 6.07) is 25.3. The van der Waals surface area contributed by atoms with Gasteiger partial charge in [-0.2, -0.15) is 5.10 Å². The number of aromatic nitrogens is 2. The molecule has 1 amide bonds. The summed E-state index contributed by atoms with van der Waals surface area (Å²) >= 11 is 2.31. The van der Waals surface area contributed by atoms with Crippen LogP contribution in [0.25, 0.3) is 10.9 Å². The highest BCUT2D eigenvalue weighted by atomic mass is 127. The van der Waals surface area contributed by atoms with Crippen molar-refractivity contribution in [2.75, 3.05) is 11.9 Å². The van der Waals surface area contributed by atoms with Gasteiger partial charge in [0, 0.05) is 24.0 Å². The lowest BCUT2D eigenvalue weighted by molar-refractivity contribution is -0.120. The second-order valence-corrected chi connectivity index (χ2v) is 9.34. The van der Waals surface area contributed by atoms with Crippen LogP contribution in [-0.2, 0) is 16.8 Å². The minimum atomic E-state index is -0.392. The zero-order chi connectivity index (χ0) is 20.5. The summed E-state index contributed by atoms with van der Waals surface area (Å²) in [6.45, 7) is 0.740. The molecule has 148 valence electrons. The number of hydrogen-bond acceptors (Lipinski definition) is 2. The van der Waals surface area contributed by atoms with E-state index in [9.17, 15) is 4.79 Å². The number of para-hydroxylation sites is 1. The van der Waals surface area contributed by atoms with Gasteiger partial charge in [-0.05, 0) is 63.9 Å². The second kappa shape index (κ2) is 6.41. The second-order valence-electron chi connectivity index (χ2n) is 8.32. The van der Waals surface area contributed by atoms with Crippen molar-refractivity contribution in [2.24, 2.45) is 0 Å². The number of hydrogen-bond donors (Lipinski definition) is 0.